The lowest BCUT2D eigenvalue weighted by atomic mass is 10.1. The van der Waals surface area contributed by atoms with E-state index in [0.717, 1.165) is 35.2 Å². The molecule has 4 heteroatoms. The number of amides is 1. The van der Waals surface area contributed by atoms with Gasteiger partial charge in [-0.15, -0.1) is 0 Å². The highest BCUT2D eigenvalue weighted by molar-refractivity contribution is 5.93. The number of fused-ring (bicyclic) bond motifs is 1. The standard InChI is InChI=1S/C20H24N2O2/c1-24-19-8-7-17-14-16(4-6-18(17)15-19)5-9-20(23)21-10-13-22-11-2-3-12-22/h4-9,14-15H,2-3,10-13H2,1H3,(H,21,23)/p+1/b9-5+. The van der Waals surface area contributed by atoms with Gasteiger partial charge in [-0.2, -0.15) is 0 Å². The smallest absolute Gasteiger partial charge is 0.244 e. The van der Waals surface area contributed by atoms with E-state index < -0.39 is 0 Å². The van der Waals surface area contributed by atoms with Crippen molar-refractivity contribution in [3.05, 3.63) is 48.0 Å². The number of quaternary nitrogens is 1. The predicted octanol–water partition coefficient (Wildman–Crippen LogP) is 1.66. The molecule has 0 saturated carbocycles. The molecule has 0 atom stereocenters. The Balaban J connectivity index is 1.55. The zero-order chi connectivity index (χ0) is 16.8. The summed E-state index contributed by atoms with van der Waals surface area (Å²) >= 11 is 0. The average molecular weight is 325 g/mol. The van der Waals surface area contributed by atoms with Crippen molar-refractivity contribution in [3.8, 4) is 5.75 Å². The van der Waals surface area contributed by atoms with E-state index in [1.807, 2.05) is 36.4 Å². The monoisotopic (exact) mass is 325 g/mol. The summed E-state index contributed by atoms with van der Waals surface area (Å²) in [7, 11) is 1.67. The third-order valence-electron chi connectivity index (χ3n) is 4.59. The minimum Gasteiger partial charge on any atom is -0.497 e. The van der Waals surface area contributed by atoms with Crippen LogP contribution in [0.1, 0.15) is 18.4 Å². The maximum atomic E-state index is 11.9. The normalized spacial score (nSPS) is 15.2. The minimum absolute atomic E-state index is 0.0246. The van der Waals surface area contributed by atoms with Crippen LogP contribution in [0.3, 0.4) is 0 Å². The van der Waals surface area contributed by atoms with E-state index in [1.54, 1.807) is 18.1 Å². The number of hydrogen-bond acceptors (Lipinski definition) is 2. The van der Waals surface area contributed by atoms with Crippen molar-refractivity contribution < 1.29 is 14.4 Å². The molecule has 0 spiro atoms. The first-order valence-electron chi connectivity index (χ1n) is 8.62. The summed E-state index contributed by atoms with van der Waals surface area (Å²) in [6.07, 6.45) is 6.11. The van der Waals surface area contributed by atoms with Crippen molar-refractivity contribution in [1.82, 2.24) is 5.32 Å². The first kappa shape index (κ1) is 16.5. The maximum Gasteiger partial charge on any atom is 0.244 e. The Labute approximate surface area is 143 Å². The van der Waals surface area contributed by atoms with Gasteiger partial charge in [0.15, 0.2) is 0 Å². The van der Waals surface area contributed by atoms with E-state index >= 15 is 0 Å². The number of rotatable bonds is 6. The van der Waals surface area contributed by atoms with Gasteiger partial charge < -0.3 is 15.0 Å². The fourth-order valence-electron chi connectivity index (χ4n) is 3.19. The summed E-state index contributed by atoms with van der Waals surface area (Å²) < 4.78 is 5.24. The number of methoxy groups -OCH3 is 1. The Hall–Kier alpha value is -2.33. The molecule has 0 aromatic heterocycles. The summed E-state index contributed by atoms with van der Waals surface area (Å²) in [4.78, 5) is 13.5. The zero-order valence-corrected chi connectivity index (χ0v) is 14.2. The Bertz CT molecular complexity index is 733. The molecule has 0 bridgehead atoms. The summed E-state index contributed by atoms with van der Waals surface area (Å²) in [5, 5.41) is 5.23. The number of benzene rings is 2. The summed E-state index contributed by atoms with van der Waals surface area (Å²) in [6.45, 7) is 4.26. The molecule has 1 heterocycles. The van der Waals surface area contributed by atoms with Gasteiger partial charge in [0.1, 0.15) is 5.75 Å². The van der Waals surface area contributed by atoms with Gasteiger partial charge in [0.2, 0.25) is 5.91 Å². The van der Waals surface area contributed by atoms with Crippen molar-refractivity contribution in [2.24, 2.45) is 0 Å². The SMILES string of the molecule is COc1ccc2cc(/C=C/C(=O)NCC[NH+]3CCCC3)ccc2c1. The van der Waals surface area contributed by atoms with Gasteiger partial charge in [0.05, 0.1) is 33.3 Å². The van der Waals surface area contributed by atoms with Crippen LogP contribution in [0.4, 0.5) is 0 Å². The minimum atomic E-state index is -0.0246. The molecule has 1 fully saturated rings. The first-order valence-corrected chi connectivity index (χ1v) is 8.62. The van der Waals surface area contributed by atoms with Gasteiger partial charge >= 0.3 is 0 Å². The van der Waals surface area contributed by atoms with Crippen LogP contribution in [-0.4, -0.2) is 39.2 Å². The van der Waals surface area contributed by atoms with Crippen molar-refractivity contribution in [1.29, 1.82) is 0 Å². The van der Waals surface area contributed by atoms with Crippen LogP contribution in [0.25, 0.3) is 16.8 Å². The van der Waals surface area contributed by atoms with Crippen molar-refractivity contribution >= 4 is 22.8 Å². The Morgan fingerprint density at radius 1 is 1.17 bits per heavy atom. The lowest BCUT2D eigenvalue weighted by Crippen LogP contribution is -3.10. The molecule has 1 aliphatic heterocycles. The van der Waals surface area contributed by atoms with E-state index in [-0.39, 0.29) is 5.91 Å². The van der Waals surface area contributed by atoms with Crippen molar-refractivity contribution in [2.75, 3.05) is 33.3 Å². The number of nitrogens with one attached hydrogen (secondary N) is 2. The summed E-state index contributed by atoms with van der Waals surface area (Å²) in [5.41, 5.74) is 1.02. The van der Waals surface area contributed by atoms with Crippen molar-refractivity contribution in [2.45, 2.75) is 12.8 Å². The van der Waals surface area contributed by atoms with Gasteiger partial charge in [0.25, 0.3) is 0 Å². The second kappa shape index (κ2) is 7.97. The predicted molar refractivity (Wildman–Crippen MR) is 97.3 cm³/mol. The summed E-state index contributed by atoms with van der Waals surface area (Å²) in [6, 6.07) is 12.1. The van der Waals surface area contributed by atoms with E-state index in [1.165, 1.54) is 25.9 Å². The summed E-state index contributed by atoms with van der Waals surface area (Å²) in [5.74, 6) is 0.828. The number of carbonyl (C=O) groups excluding carboxylic acids is 1. The van der Waals surface area contributed by atoms with Crippen molar-refractivity contribution in [3.63, 3.8) is 0 Å². The second-order valence-electron chi connectivity index (χ2n) is 6.30. The Morgan fingerprint density at radius 3 is 2.71 bits per heavy atom. The average Bonchev–Trinajstić information content (AvgIpc) is 3.12. The highest BCUT2D eigenvalue weighted by atomic mass is 16.5. The zero-order valence-electron chi connectivity index (χ0n) is 14.2. The van der Waals surface area contributed by atoms with Crippen LogP contribution in [0, 0.1) is 0 Å². The van der Waals surface area contributed by atoms with Crippen LogP contribution < -0.4 is 15.0 Å². The lowest BCUT2D eigenvalue weighted by molar-refractivity contribution is -0.886. The molecule has 0 radical (unpaired) electrons. The third-order valence-corrected chi connectivity index (χ3v) is 4.59. The van der Waals surface area contributed by atoms with E-state index in [2.05, 4.69) is 11.4 Å². The molecule has 4 nitrogen and oxygen atoms in total. The molecule has 1 saturated heterocycles. The fourth-order valence-corrected chi connectivity index (χ4v) is 3.19. The van der Waals surface area contributed by atoms with E-state index in [4.69, 9.17) is 4.74 Å². The van der Waals surface area contributed by atoms with Gasteiger partial charge in [0, 0.05) is 18.9 Å². The highest BCUT2D eigenvalue weighted by Gasteiger charge is 2.14. The third kappa shape index (κ3) is 4.36. The Morgan fingerprint density at radius 2 is 1.92 bits per heavy atom. The van der Waals surface area contributed by atoms with Crippen LogP contribution in [-0.2, 0) is 4.79 Å². The topological polar surface area (TPSA) is 42.8 Å². The van der Waals surface area contributed by atoms with E-state index in [0.29, 0.717) is 0 Å². The first-order chi connectivity index (χ1) is 11.7. The number of ether oxygens (including phenoxy) is 1. The quantitative estimate of drug-likeness (QED) is 0.793. The maximum absolute atomic E-state index is 11.9. The molecule has 0 unspecified atom stereocenters. The molecule has 0 aliphatic carbocycles. The Kier molecular flexibility index (Phi) is 5.49. The molecular weight excluding hydrogens is 300 g/mol. The van der Waals surface area contributed by atoms with Gasteiger partial charge in [-0.1, -0.05) is 18.2 Å². The van der Waals surface area contributed by atoms with E-state index in [9.17, 15) is 4.79 Å². The largest absolute Gasteiger partial charge is 0.497 e. The molecule has 24 heavy (non-hydrogen) atoms. The molecular formula is C20H25N2O2+. The molecule has 2 aromatic carbocycles. The van der Waals surface area contributed by atoms with Crippen LogP contribution in [0.15, 0.2) is 42.5 Å². The number of carbonyl (C=O) groups is 1. The molecule has 1 aliphatic rings. The molecule has 3 rings (SSSR count). The molecule has 1 amide bonds. The van der Waals surface area contributed by atoms with Crippen LogP contribution >= 0.6 is 0 Å². The molecule has 126 valence electrons. The van der Waals surface area contributed by atoms with Gasteiger partial charge in [-0.3, -0.25) is 4.79 Å². The van der Waals surface area contributed by atoms with Gasteiger partial charge in [-0.25, -0.2) is 0 Å². The highest BCUT2D eigenvalue weighted by Crippen LogP contribution is 2.22. The molecule has 2 aromatic rings. The number of hydrogen-bond donors (Lipinski definition) is 2. The number of likely N-dealkylation sites (tertiary alicyclic amines) is 1. The second-order valence-corrected chi connectivity index (χ2v) is 6.30. The van der Waals surface area contributed by atoms with Gasteiger partial charge in [-0.05, 0) is 40.6 Å². The fraction of sp³-hybridized carbons (Fsp3) is 0.350. The molecule has 2 N–H and O–H groups in total. The van der Waals surface area contributed by atoms with Crippen LogP contribution in [0.5, 0.6) is 5.75 Å². The van der Waals surface area contributed by atoms with Crippen LogP contribution in [0.2, 0.25) is 0 Å². The lowest BCUT2D eigenvalue weighted by Gasteiger charge is -2.11.